The first-order valence-corrected chi connectivity index (χ1v) is 12.1. The van der Waals surface area contributed by atoms with E-state index in [-0.39, 0.29) is 11.7 Å². The fourth-order valence-electron chi connectivity index (χ4n) is 3.50. The maximum Gasteiger partial charge on any atom is 0.237 e. The van der Waals surface area contributed by atoms with Gasteiger partial charge in [-0.1, -0.05) is 36.1 Å². The average Bonchev–Trinajstić information content (AvgIpc) is 2.90. The van der Waals surface area contributed by atoms with Gasteiger partial charge in [0.05, 0.1) is 59.6 Å². The molecule has 0 bridgehead atoms. The van der Waals surface area contributed by atoms with E-state index in [1.54, 1.807) is 45.5 Å². The number of benzene rings is 2. The van der Waals surface area contributed by atoms with Crippen LogP contribution in [0.4, 0.5) is 5.69 Å². The Balaban J connectivity index is 1.86. The third kappa shape index (κ3) is 6.46. The summed E-state index contributed by atoms with van der Waals surface area (Å²) in [6.45, 7) is 3.12. The van der Waals surface area contributed by atoms with Crippen LogP contribution in [-0.2, 0) is 16.1 Å². The third-order valence-electron chi connectivity index (χ3n) is 5.35. The lowest BCUT2D eigenvalue weighted by Crippen LogP contribution is -2.39. The molecule has 0 atom stereocenters. The van der Waals surface area contributed by atoms with E-state index in [0.717, 1.165) is 24.4 Å². The van der Waals surface area contributed by atoms with E-state index in [2.05, 4.69) is 4.90 Å². The van der Waals surface area contributed by atoms with E-state index in [4.69, 9.17) is 35.9 Å². The molecule has 1 fully saturated rings. The Bertz CT molecular complexity index is 955. The number of methoxy groups -OCH3 is 4. The summed E-state index contributed by atoms with van der Waals surface area (Å²) < 4.78 is 27.8. The van der Waals surface area contributed by atoms with E-state index < -0.39 is 0 Å². The van der Waals surface area contributed by atoms with Crippen LogP contribution in [0, 0.1) is 0 Å². The van der Waals surface area contributed by atoms with Crippen molar-refractivity contribution in [2.75, 3.05) is 65.4 Å². The number of amides is 1. The van der Waals surface area contributed by atoms with Gasteiger partial charge < -0.3 is 33.5 Å². The summed E-state index contributed by atoms with van der Waals surface area (Å²) in [4.78, 5) is 17.2. The van der Waals surface area contributed by atoms with Gasteiger partial charge in [-0.3, -0.25) is 4.79 Å². The molecule has 1 heterocycles. The topological polar surface area (TPSA) is 69.7 Å². The van der Waals surface area contributed by atoms with Crippen molar-refractivity contribution in [3.8, 4) is 23.0 Å². The number of thioether (sulfide) groups is 1. The fraction of sp³-hybridized carbons (Fsp3) is 0.417. The fourth-order valence-corrected chi connectivity index (χ4v) is 4.63. The van der Waals surface area contributed by atoms with Crippen LogP contribution in [0.1, 0.15) is 5.56 Å². The van der Waals surface area contributed by atoms with Crippen LogP contribution < -0.4 is 23.8 Å². The zero-order valence-corrected chi connectivity index (χ0v) is 21.5. The SMILES string of the molecule is COc1ccc(CN(C(=O)CSC(=S)N2CCOCC2)c2cc(OC)c(OC)c(OC)c2)cc1. The van der Waals surface area contributed by atoms with Crippen molar-refractivity contribution in [2.24, 2.45) is 0 Å². The van der Waals surface area contributed by atoms with E-state index in [9.17, 15) is 4.79 Å². The second-order valence-corrected chi connectivity index (χ2v) is 8.97. The summed E-state index contributed by atoms with van der Waals surface area (Å²) in [6, 6.07) is 11.2. The number of hydrogen-bond acceptors (Lipinski definition) is 8. The van der Waals surface area contributed by atoms with Crippen LogP contribution in [0.25, 0.3) is 0 Å². The molecular weight excluding hydrogens is 476 g/mol. The first-order chi connectivity index (χ1) is 16.5. The minimum atomic E-state index is -0.0919. The molecule has 0 spiro atoms. The molecule has 8 nitrogen and oxygen atoms in total. The van der Waals surface area contributed by atoms with E-state index in [1.165, 1.54) is 11.8 Å². The van der Waals surface area contributed by atoms with Gasteiger partial charge in [-0.25, -0.2) is 0 Å². The number of carbonyl (C=O) groups is 1. The number of rotatable bonds is 9. The van der Waals surface area contributed by atoms with Crippen molar-refractivity contribution in [3.05, 3.63) is 42.0 Å². The van der Waals surface area contributed by atoms with Gasteiger partial charge in [0.2, 0.25) is 11.7 Å². The maximum absolute atomic E-state index is 13.5. The standard InChI is InChI=1S/C24H30N2O6S2/c1-28-19-7-5-17(6-8-19)15-26(18-13-20(29-2)23(31-4)21(14-18)30-3)22(27)16-34-24(33)25-9-11-32-12-10-25/h5-8,13-14H,9-12,15-16H2,1-4H3. The van der Waals surface area contributed by atoms with Gasteiger partial charge in [0.25, 0.3) is 0 Å². The van der Waals surface area contributed by atoms with Crippen molar-refractivity contribution >= 4 is 39.9 Å². The molecule has 0 unspecified atom stereocenters. The predicted molar refractivity (Wildman–Crippen MR) is 138 cm³/mol. The predicted octanol–water partition coefficient (Wildman–Crippen LogP) is 3.60. The number of ether oxygens (including phenoxy) is 5. The van der Waals surface area contributed by atoms with Crippen molar-refractivity contribution in [3.63, 3.8) is 0 Å². The number of thiocarbonyl (C=S) groups is 1. The van der Waals surface area contributed by atoms with Crippen molar-refractivity contribution in [2.45, 2.75) is 6.54 Å². The summed E-state index contributed by atoms with van der Waals surface area (Å²) in [5.74, 6) is 2.27. The highest BCUT2D eigenvalue weighted by molar-refractivity contribution is 8.23. The molecule has 1 aliphatic heterocycles. The summed E-state index contributed by atoms with van der Waals surface area (Å²) in [6.07, 6.45) is 0. The molecule has 0 N–H and O–H groups in total. The molecular formula is C24H30N2O6S2. The highest BCUT2D eigenvalue weighted by Gasteiger charge is 2.23. The van der Waals surface area contributed by atoms with Gasteiger partial charge in [-0.2, -0.15) is 0 Å². The van der Waals surface area contributed by atoms with Gasteiger partial charge in [-0.15, -0.1) is 0 Å². The number of nitrogens with zero attached hydrogens (tertiary/aromatic N) is 2. The Labute approximate surface area is 210 Å². The largest absolute Gasteiger partial charge is 0.497 e. The quantitative estimate of drug-likeness (QED) is 0.475. The lowest BCUT2D eigenvalue weighted by atomic mass is 10.1. The highest BCUT2D eigenvalue weighted by atomic mass is 32.2. The highest BCUT2D eigenvalue weighted by Crippen LogP contribution is 2.41. The van der Waals surface area contributed by atoms with Crippen LogP contribution in [0.5, 0.6) is 23.0 Å². The zero-order valence-electron chi connectivity index (χ0n) is 19.9. The van der Waals surface area contributed by atoms with Gasteiger partial charge in [-0.05, 0) is 17.7 Å². The number of anilines is 1. The number of hydrogen-bond donors (Lipinski definition) is 0. The van der Waals surface area contributed by atoms with Crippen LogP contribution >= 0.6 is 24.0 Å². The van der Waals surface area contributed by atoms with Crippen LogP contribution in [-0.4, -0.2) is 75.6 Å². The number of morpholine rings is 1. The summed E-state index contributed by atoms with van der Waals surface area (Å²) >= 11 is 6.92. The molecule has 0 saturated carbocycles. The molecule has 0 aliphatic carbocycles. The minimum absolute atomic E-state index is 0.0919. The molecule has 2 aromatic rings. The van der Waals surface area contributed by atoms with Gasteiger partial charge in [0, 0.05) is 25.2 Å². The number of carbonyl (C=O) groups excluding carboxylic acids is 1. The Morgan fingerprint density at radius 3 is 2.15 bits per heavy atom. The molecule has 10 heteroatoms. The third-order valence-corrected chi connectivity index (χ3v) is 6.86. The molecule has 1 aliphatic rings. The summed E-state index contributed by atoms with van der Waals surface area (Å²) in [7, 11) is 6.26. The Morgan fingerprint density at radius 2 is 1.62 bits per heavy atom. The molecule has 0 aromatic heterocycles. The summed E-state index contributed by atoms with van der Waals surface area (Å²) in [5, 5.41) is 0. The normalized spacial score (nSPS) is 13.2. The van der Waals surface area contributed by atoms with Crippen molar-refractivity contribution < 1.29 is 28.5 Å². The van der Waals surface area contributed by atoms with Crippen molar-refractivity contribution in [1.29, 1.82) is 0 Å². The van der Waals surface area contributed by atoms with Crippen LogP contribution in [0.2, 0.25) is 0 Å². The first kappa shape index (κ1) is 25.9. The Hall–Kier alpha value is -2.69. The maximum atomic E-state index is 13.5. The minimum Gasteiger partial charge on any atom is -0.497 e. The van der Waals surface area contributed by atoms with E-state index >= 15 is 0 Å². The molecule has 34 heavy (non-hydrogen) atoms. The second kappa shape index (κ2) is 12.7. The van der Waals surface area contributed by atoms with Crippen LogP contribution in [0.3, 0.4) is 0 Å². The monoisotopic (exact) mass is 506 g/mol. The molecule has 1 amide bonds. The lowest BCUT2D eigenvalue weighted by molar-refractivity contribution is -0.116. The molecule has 2 aromatic carbocycles. The second-order valence-electron chi connectivity index (χ2n) is 7.37. The molecule has 184 valence electrons. The first-order valence-electron chi connectivity index (χ1n) is 10.7. The van der Waals surface area contributed by atoms with Gasteiger partial charge in [0.15, 0.2) is 11.5 Å². The Morgan fingerprint density at radius 1 is 1.00 bits per heavy atom. The van der Waals surface area contributed by atoms with Gasteiger partial charge >= 0.3 is 0 Å². The average molecular weight is 507 g/mol. The van der Waals surface area contributed by atoms with E-state index in [1.807, 2.05) is 24.3 Å². The summed E-state index contributed by atoms with van der Waals surface area (Å²) in [5.41, 5.74) is 1.58. The van der Waals surface area contributed by atoms with E-state index in [0.29, 0.717) is 47.0 Å². The molecule has 0 radical (unpaired) electrons. The van der Waals surface area contributed by atoms with Crippen molar-refractivity contribution in [1.82, 2.24) is 4.90 Å². The lowest BCUT2D eigenvalue weighted by Gasteiger charge is -2.29. The Kier molecular flexibility index (Phi) is 9.67. The van der Waals surface area contributed by atoms with Crippen LogP contribution in [0.15, 0.2) is 36.4 Å². The molecule has 1 saturated heterocycles. The smallest absolute Gasteiger partial charge is 0.237 e. The van der Waals surface area contributed by atoms with Gasteiger partial charge in [0.1, 0.15) is 10.1 Å². The molecule has 3 rings (SSSR count). The zero-order chi connectivity index (χ0) is 24.5.